The minimum atomic E-state index is -3.55. The number of nitrogens with zero attached hydrogens (tertiary/aromatic N) is 2. The Morgan fingerprint density at radius 2 is 1.96 bits per heavy atom. The van der Waals surface area contributed by atoms with Crippen LogP contribution < -0.4 is 0 Å². The Bertz CT molecular complexity index is 751. The highest BCUT2D eigenvalue weighted by Crippen LogP contribution is 2.70. The normalized spacial score (nSPS) is 48.6. The number of carbonyl (C=O) groups is 1. The molecule has 3 heterocycles. The van der Waals surface area contributed by atoms with E-state index in [1.165, 1.54) is 4.31 Å². The van der Waals surface area contributed by atoms with E-state index in [0.717, 1.165) is 45.1 Å². The van der Waals surface area contributed by atoms with Gasteiger partial charge in [-0.2, -0.15) is 5.06 Å². The molecule has 7 heteroatoms. The number of hydroxylamine groups is 2. The molecule has 0 N–H and O–H groups in total. The van der Waals surface area contributed by atoms with Crippen molar-refractivity contribution in [3.05, 3.63) is 0 Å². The first-order valence-corrected chi connectivity index (χ1v) is 11.8. The summed E-state index contributed by atoms with van der Waals surface area (Å²) in [5.74, 6) is 0.122. The third-order valence-electron chi connectivity index (χ3n) is 8.63. The van der Waals surface area contributed by atoms with E-state index in [9.17, 15) is 13.2 Å². The molecule has 0 aromatic rings. The van der Waals surface area contributed by atoms with Crippen LogP contribution in [0.15, 0.2) is 0 Å². The molecular weight excluding hydrogens is 352 g/mol. The van der Waals surface area contributed by atoms with Crippen molar-refractivity contribution in [3.63, 3.8) is 0 Å². The maximum atomic E-state index is 13.6. The van der Waals surface area contributed by atoms with E-state index in [0.29, 0.717) is 5.92 Å². The van der Waals surface area contributed by atoms with Crippen molar-refractivity contribution in [1.29, 1.82) is 0 Å². The van der Waals surface area contributed by atoms with E-state index < -0.39 is 10.0 Å². The molecule has 6 atom stereocenters. The summed E-state index contributed by atoms with van der Waals surface area (Å²) < 4.78 is 27.7. The molecular formula is C19H30N2O4S. The maximum Gasteiger partial charge on any atom is 0.243 e. The van der Waals surface area contributed by atoms with Gasteiger partial charge < -0.3 is 0 Å². The molecule has 0 aromatic heterocycles. The summed E-state index contributed by atoms with van der Waals surface area (Å²) in [5, 5.41) is 1.94. The van der Waals surface area contributed by atoms with Gasteiger partial charge in [0.15, 0.2) is 0 Å². The van der Waals surface area contributed by atoms with Crippen molar-refractivity contribution in [1.82, 2.24) is 9.37 Å². The van der Waals surface area contributed by atoms with Crippen LogP contribution in [0.3, 0.4) is 0 Å². The zero-order chi connectivity index (χ0) is 18.5. The molecule has 0 aromatic carbocycles. The van der Waals surface area contributed by atoms with Gasteiger partial charge in [-0.3, -0.25) is 9.63 Å². The third-order valence-corrected chi connectivity index (χ3v) is 10.5. The van der Waals surface area contributed by atoms with Gasteiger partial charge >= 0.3 is 0 Å². The van der Waals surface area contributed by atoms with E-state index in [-0.39, 0.29) is 46.6 Å². The van der Waals surface area contributed by atoms with Crippen LogP contribution in [0.1, 0.15) is 59.3 Å². The molecule has 2 aliphatic carbocycles. The number of hydrogen-bond acceptors (Lipinski definition) is 5. The molecule has 2 bridgehead atoms. The third kappa shape index (κ3) is 1.95. The van der Waals surface area contributed by atoms with Crippen molar-refractivity contribution in [2.75, 3.05) is 12.3 Å². The topological polar surface area (TPSA) is 66.9 Å². The van der Waals surface area contributed by atoms with Crippen LogP contribution >= 0.6 is 0 Å². The van der Waals surface area contributed by atoms with Crippen LogP contribution in [0.5, 0.6) is 0 Å². The predicted molar refractivity (Wildman–Crippen MR) is 96.4 cm³/mol. The molecule has 0 unspecified atom stereocenters. The molecule has 3 saturated heterocycles. The van der Waals surface area contributed by atoms with Crippen LogP contribution in [0, 0.1) is 22.7 Å². The monoisotopic (exact) mass is 382 g/mol. The lowest BCUT2D eigenvalue weighted by atomic mass is 9.69. The van der Waals surface area contributed by atoms with Gasteiger partial charge in [-0.1, -0.05) is 20.3 Å². The van der Waals surface area contributed by atoms with Crippen LogP contribution in [0.4, 0.5) is 0 Å². The Morgan fingerprint density at radius 1 is 1.19 bits per heavy atom. The Hall–Kier alpha value is -0.660. The van der Waals surface area contributed by atoms with Crippen LogP contribution in [0.25, 0.3) is 0 Å². The number of rotatable bonds is 1. The van der Waals surface area contributed by atoms with Crippen LogP contribution in [-0.2, 0) is 19.7 Å². The van der Waals surface area contributed by atoms with Gasteiger partial charge in [-0.05, 0) is 50.4 Å². The first-order chi connectivity index (χ1) is 12.2. The van der Waals surface area contributed by atoms with Gasteiger partial charge in [-0.25, -0.2) is 12.7 Å². The largest absolute Gasteiger partial charge is 0.295 e. The quantitative estimate of drug-likeness (QED) is 0.695. The summed E-state index contributed by atoms with van der Waals surface area (Å²) in [6.07, 6.45) is 5.70. The molecule has 0 radical (unpaired) electrons. The zero-order valence-electron chi connectivity index (χ0n) is 16.0. The van der Waals surface area contributed by atoms with Gasteiger partial charge in [-0.15, -0.1) is 0 Å². The summed E-state index contributed by atoms with van der Waals surface area (Å²) in [6.45, 7) is 7.20. The van der Waals surface area contributed by atoms with Crippen molar-refractivity contribution >= 4 is 15.9 Å². The van der Waals surface area contributed by atoms with Gasteiger partial charge in [0.05, 0.1) is 23.8 Å². The molecule has 1 amide bonds. The molecule has 1 spiro atoms. The SMILES string of the molecule is C[C@@H]1ON2CCCC[C@H]2[C@H]1C(=O)N1[C@@H]2C[C@H]3CC[C@]2(CS1(=O)=O)C3(C)C. The second-order valence-electron chi connectivity index (χ2n) is 9.80. The zero-order valence-corrected chi connectivity index (χ0v) is 16.8. The summed E-state index contributed by atoms with van der Waals surface area (Å²) in [4.78, 5) is 19.5. The van der Waals surface area contributed by atoms with E-state index in [1.807, 2.05) is 12.0 Å². The number of carbonyl (C=O) groups excluding carboxylic acids is 1. The second kappa shape index (κ2) is 5.23. The predicted octanol–water partition coefficient (Wildman–Crippen LogP) is 2.16. The van der Waals surface area contributed by atoms with E-state index in [1.54, 1.807) is 0 Å². The minimum absolute atomic E-state index is 0.00552. The highest BCUT2D eigenvalue weighted by atomic mass is 32.2. The Balaban J connectivity index is 1.51. The molecule has 2 saturated carbocycles. The first-order valence-electron chi connectivity index (χ1n) is 10.2. The smallest absolute Gasteiger partial charge is 0.243 e. The number of sulfonamides is 1. The average molecular weight is 383 g/mol. The number of amides is 1. The molecule has 5 rings (SSSR count). The van der Waals surface area contributed by atoms with E-state index in [2.05, 4.69) is 13.8 Å². The average Bonchev–Trinajstić information content (AvgIpc) is 3.16. The van der Waals surface area contributed by atoms with Crippen molar-refractivity contribution < 1.29 is 18.0 Å². The van der Waals surface area contributed by atoms with E-state index >= 15 is 0 Å². The van der Waals surface area contributed by atoms with Crippen molar-refractivity contribution in [3.8, 4) is 0 Å². The van der Waals surface area contributed by atoms with Crippen molar-refractivity contribution in [2.45, 2.75) is 77.5 Å². The molecule has 6 nitrogen and oxygen atoms in total. The Labute approximate surface area is 156 Å². The summed E-state index contributed by atoms with van der Waals surface area (Å²) in [6, 6.07) is -0.108. The van der Waals surface area contributed by atoms with Crippen LogP contribution in [-0.4, -0.2) is 54.2 Å². The van der Waals surface area contributed by atoms with Gasteiger partial charge in [0.1, 0.15) is 0 Å². The Kier molecular flexibility index (Phi) is 3.51. The number of hydrogen-bond donors (Lipinski definition) is 0. The highest BCUT2D eigenvalue weighted by molar-refractivity contribution is 7.90. The molecule has 3 aliphatic heterocycles. The summed E-state index contributed by atoms with van der Waals surface area (Å²) >= 11 is 0. The lowest BCUT2D eigenvalue weighted by Crippen LogP contribution is -2.50. The van der Waals surface area contributed by atoms with Gasteiger partial charge in [0, 0.05) is 18.0 Å². The fourth-order valence-electron chi connectivity index (χ4n) is 7.10. The lowest BCUT2D eigenvalue weighted by Gasteiger charge is -2.38. The maximum absolute atomic E-state index is 13.6. The van der Waals surface area contributed by atoms with Gasteiger partial charge in [0.2, 0.25) is 15.9 Å². The van der Waals surface area contributed by atoms with Crippen molar-refractivity contribution in [2.24, 2.45) is 22.7 Å². The highest BCUT2D eigenvalue weighted by Gasteiger charge is 2.73. The molecule has 5 fully saturated rings. The van der Waals surface area contributed by atoms with Gasteiger partial charge in [0.25, 0.3) is 0 Å². The molecule has 146 valence electrons. The fourth-order valence-corrected chi connectivity index (χ4v) is 9.67. The number of fused-ring (bicyclic) bond motifs is 2. The molecule has 5 aliphatic rings. The lowest BCUT2D eigenvalue weighted by molar-refractivity contribution is -0.167. The van der Waals surface area contributed by atoms with E-state index in [4.69, 9.17) is 4.84 Å². The standard InChI is InChI=1S/C19H30N2O4S/c1-12-16(14-6-4-5-9-20(14)25-12)17(22)21-15-10-13-7-8-19(15,18(13,2)3)11-26(21,23)24/h12-16H,4-11H2,1-3H3/t12-,13+,14-,15+,16-,19+/m0/s1. The summed E-state index contributed by atoms with van der Waals surface area (Å²) in [5.41, 5.74) is -0.254. The first kappa shape index (κ1) is 17.4. The molecule has 26 heavy (non-hydrogen) atoms. The minimum Gasteiger partial charge on any atom is -0.295 e. The number of piperidine rings is 1. The Morgan fingerprint density at radius 3 is 2.69 bits per heavy atom. The fraction of sp³-hybridized carbons (Fsp3) is 0.947. The second-order valence-corrected chi connectivity index (χ2v) is 11.6. The van der Waals surface area contributed by atoms with Crippen LogP contribution in [0.2, 0.25) is 0 Å². The summed E-state index contributed by atoms with van der Waals surface area (Å²) in [7, 11) is -3.55.